The Morgan fingerprint density at radius 2 is 0.600 bits per heavy atom. The van der Waals surface area contributed by atoms with Crippen LogP contribution in [0.4, 0.5) is 52.7 Å². The number of rotatable bonds is 0. The van der Waals surface area contributed by atoms with Gasteiger partial charge in [0.15, 0.2) is 0 Å². The summed E-state index contributed by atoms with van der Waals surface area (Å²) in [5.74, 6) is -6.66. The predicted molar refractivity (Wildman–Crippen MR) is 53.5 cm³/mol. The molecule has 0 bridgehead atoms. The molecule has 0 unspecified atom stereocenters. The molecule has 14 heteroatoms. The lowest BCUT2D eigenvalue weighted by Crippen LogP contribution is -2.08. The van der Waals surface area contributed by atoms with Gasteiger partial charge in [0, 0.05) is 0 Å². The second-order valence-corrected chi connectivity index (χ2v) is 2.14. The van der Waals surface area contributed by atoms with E-state index in [1.54, 1.807) is 0 Å². The normalized spacial score (nSPS) is 10.2. The largest absolute Gasteiger partial charge is 0.448 e. The van der Waals surface area contributed by atoms with Gasteiger partial charge >= 0.3 is 24.5 Å². The first-order valence-corrected chi connectivity index (χ1v) is 3.27. The minimum Gasteiger partial charge on any atom is -0.196 e. The Hall–Kier alpha value is -0.400. The van der Waals surface area contributed by atoms with Crippen molar-refractivity contribution in [2.45, 2.75) is 12.4 Å². The highest BCUT2D eigenvalue weighted by atomic mass is 79.9. The van der Waals surface area contributed by atoms with Crippen LogP contribution in [0.5, 0.6) is 0 Å². The summed E-state index contributed by atoms with van der Waals surface area (Å²) in [6.07, 6.45) is -17.8. The Kier molecular flexibility index (Phi) is 14.4. The molecule has 0 heterocycles. The third-order valence-electron chi connectivity index (χ3n) is 0.830. The van der Waals surface area contributed by atoms with Crippen molar-refractivity contribution in [3.05, 3.63) is 23.8 Å². The molecule has 0 aromatic heterocycles. The lowest BCUT2D eigenvalue weighted by atomic mass is 10.6. The van der Waals surface area contributed by atoms with Crippen LogP contribution in [0.1, 0.15) is 0 Å². The van der Waals surface area contributed by atoms with Crippen molar-refractivity contribution in [1.82, 2.24) is 0 Å². The molecule has 0 saturated carbocycles. The summed E-state index contributed by atoms with van der Waals surface area (Å²) in [6.45, 7) is 0. The van der Waals surface area contributed by atoms with Crippen molar-refractivity contribution in [3.8, 4) is 0 Å². The molecule has 0 fully saturated rings. The summed E-state index contributed by atoms with van der Waals surface area (Å²) in [7, 11) is 0. The van der Waals surface area contributed by atoms with Crippen LogP contribution in [0.3, 0.4) is 0 Å². The Morgan fingerprint density at radius 3 is 0.600 bits per heavy atom. The van der Waals surface area contributed by atoms with Crippen molar-refractivity contribution < 1.29 is 52.7 Å². The quantitative estimate of drug-likeness (QED) is 0.366. The minimum atomic E-state index is -5.56. The lowest BCUT2D eigenvalue weighted by molar-refractivity contribution is -0.113. The van der Waals surface area contributed by atoms with Crippen LogP contribution in [0.2, 0.25) is 0 Å². The van der Waals surface area contributed by atoms with E-state index in [0.29, 0.717) is 0 Å². The van der Waals surface area contributed by atoms with Gasteiger partial charge in [-0.15, -0.1) is 34.0 Å². The van der Waals surface area contributed by atoms with E-state index in [1.165, 1.54) is 0 Å². The second kappa shape index (κ2) is 10.3. The Balaban J connectivity index is -0.000000116. The highest BCUT2D eigenvalue weighted by Crippen LogP contribution is 2.30. The van der Waals surface area contributed by atoms with E-state index in [4.69, 9.17) is 0 Å². The van der Waals surface area contributed by atoms with Crippen LogP contribution < -0.4 is 0 Å². The lowest BCUT2D eigenvalue weighted by Gasteiger charge is -1.98. The van der Waals surface area contributed by atoms with Crippen molar-refractivity contribution in [2.75, 3.05) is 0 Å². The number of alkyl halides is 6. The first-order chi connectivity index (χ1) is 7.71. The molecule has 20 heavy (non-hydrogen) atoms. The fourth-order valence-corrected chi connectivity index (χ4v) is 0.214. The summed E-state index contributed by atoms with van der Waals surface area (Å²) >= 11 is 0. The molecular weight excluding hydrogens is 460 g/mol. The topological polar surface area (TPSA) is 0 Å². The fraction of sp³-hybridized carbons (Fsp3) is 0.333. The Bertz CT molecular complexity index is 295. The van der Waals surface area contributed by atoms with Crippen LogP contribution >= 0.6 is 34.0 Å². The van der Waals surface area contributed by atoms with Gasteiger partial charge in [-0.2, -0.15) is 52.7 Å². The third-order valence-corrected chi connectivity index (χ3v) is 0.830. The molecule has 0 aromatic carbocycles. The monoisotopic (exact) mass is 460 g/mol. The maximum absolute atomic E-state index is 11.0. The van der Waals surface area contributed by atoms with Gasteiger partial charge < -0.3 is 0 Å². The van der Waals surface area contributed by atoms with Crippen LogP contribution in [-0.2, 0) is 0 Å². The zero-order valence-corrected chi connectivity index (χ0v) is 11.8. The molecule has 0 N–H and O–H groups in total. The standard InChI is InChI=1S/2C3F6.2BrH/c2*4-1(2(5)6)3(7,8)9;;/h;;2*1H. The smallest absolute Gasteiger partial charge is 0.196 e. The molecular formula is C6H2Br2F12. The van der Waals surface area contributed by atoms with Gasteiger partial charge in [-0.05, 0) is 0 Å². The van der Waals surface area contributed by atoms with Crippen LogP contribution in [0.25, 0.3) is 0 Å². The third kappa shape index (κ3) is 12.6. The van der Waals surface area contributed by atoms with Gasteiger partial charge in [-0.25, -0.2) is 0 Å². The van der Waals surface area contributed by atoms with E-state index >= 15 is 0 Å². The van der Waals surface area contributed by atoms with E-state index in [2.05, 4.69) is 0 Å². The summed E-state index contributed by atoms with van der Waals surface area (Å²) in [4.78, 5) is 0. The molecule has 0 rings (SSSR count). The number of allylic oxidation sites excluding steroid dienone is 2. The van der Waals surface area contributed by atoms with Crippen molar-refractivity contribution in [1.29, 1.82) is 0 Å². The van der Waals surface area contributed by atoms with Gasteiger partial charge in [0.2, 0.25) is 0 Å². The van der Waals surface area contributed by atoms with Gasteiger partial charge in [-0.1, -0.05) is 0 Å². The first kappa shape index (κ1) is 27.9. The maximum atomic E-state index is 11.0. The highest BCUT2D eigenvalue weighted by molar-refractivity contribution is 8.93. The molecule has 0 radical (unpaired) electrons. The number of hydrogen-bond donors (Lipinski definition) is 0. The maximum Gasteiger partial charge on any atom is 0.448 e. The van der Waals surface area contributed by atoms with E-state index in [-0.39, 0.29) is 34.0 Å². The molecule has 0 spiro atoms. The van der Waals surface area contributed by atoms with Gasteiger partial charge in [0.1, 0.15) is 0 Å². The second-order valence-electron chi connectivity index (χ2n) is 2.14. The van der Waals surface area contributed by atoms with Crippen molar-refractivity contribution >= 4 is 34.0 Å². The molecule has 0 aromatic rings. The summed E-state index contributed by atoms with van der Waals surface area (Å²) in [6, 6.07) is 0. The zero-order chi connectivity index (χ0) is 15.3. The summed E-state index contributed by atoms with van der Waals surface area (Å²) < 4.78 is 130. The summed E-state index contributed by atoms with van der Waals surface area (Å²) in [5.41, 5.74) is 0. The van der Waals surface area contributed by atoms with Crippen molar-refractivity contribution in [3.63, 3.8) is 0 Å². The van der Waals surface area contributed by atoms with Gasteiger partial charge in [0.05, 0.1) is 0 Å². The molecule has 0 nitrogen and oxygen atoms in total. The van der Waals surface area contributed by atoms with Gasteiger partial charge in [0.25, 0.3) is 11.7 Å². The average Bonchev–Trinajstić information content (AvgIpc) is 2.13. The molecule has 0 aliphatic rings. The van der Waals surface area contributed by atoms with E-state index in [9.17, 15) is 52.7 Å². The molecule has 0 aliphatic carbocycles. The average molecular weight is 462 g/mol. The molecule has 124 valence electrons. The Morgan fingerprint density at radius 1 is 0.450 bits per heavy atom. The molecule has 0 aliphatic heterocycles. The number of halogens is 14. The van der Waals surface area contributed by atoms with E-state index < -0.39 is 36.2 Å². The summed E-state index contributed by atoms with van der Waals surface area (Å²) in [5, 5.41) is 0. The first-order valence-electron chi connectivity index (χ1n) is 3.27. The SMILES string of the molecule is Br.Br.FC(F)=C(F)C(F)(F)F.FC(F)=C(F)C(F)(F)F. The molecule has 0 amide bonds. The van der Waals surface area contributed by atoms with Crippen molar-refractivity contribution in [2.24, 2.45) is 0 Å². The van der Waals surface area contributed by atoms with E-state index in [1.807, 2.05) is 0 Å². The van der Waals surface area contributed by atoms with Crippen LogP contribution in [-0.4, -0.2) is 12.4 Å². The van der Waals surface area contributed by atoms with Crippen LogP contribution in [0, 0.1) is 0 Å². The fourth-order valence-electron chi connectivity index (χ4n) is 0.214. The van der Waals surface area contributed by atoms with E-state index in [0.717, 1.165) is 0 Å². The predicted octanol–water partition coefficient (Wildman–Crippen LogP) is 6.41. The van der Waals surface area contributed by atoms with Crippen LogP contribution in [0.15, 0.2) is 23.8 Å². The number of hydrogen-bond acceptors (Lipinski definition) is 0. The highest BCUT2D eigenvalue weighted by Gasteiger charge is 2.39. The zero-order valence-electron chi connectivity index (χ0n) is 8.35. The minimum absolute atomic E-state index is 0. The van der Waals surface area contributed by atoms with Gasteiger partial charge in [-0.3, -0.25) is 0 Å². The molecule has 0 atom stereocenters. The molecule has 0 saturated heterocycles. The Labute approximate surface area is 123 Å².